The summed E-state index contributed by atoms with van der Waals surface area (Å²) in [6.07, 6.45) is 1.35. The van der Waals surface area contributed by atoms with E-state index in [1.807, 2.05) is 0 Å². The van der Waals surface area contributed by atoms with Crippen molar-refractivity contribution < 1.29 is 4.74 Å². The number of nitrogens with zero attached hydrogens (tertiary/aromatic N) is 1. The normalized spacial score (nSPS) is 35.5. The van der Waals surface area contributed by atoms with Gasteiger partial charge in [0.05, 0.1) is 11.6 Å². The summed E-state index contributed by atoms with van der Waals surface area (Å²) in [5.41, 5.74) is 9.68. The lowest BCUT2D eigenvalue weighted by molar-refractivity contribution is 0.135. The summed E-state index contributed by atoms with van der Waals surface area (Å²) in [5.74, 6) is 1.54. The predicted octanol–water partition coefficient (Wildman–Crippen LogP) is 2.67. The minimum absolute atomic E-state index is 0. The van der Waals surface area contributed by atoms with Gasteiger partial charge in [-0.05, 0) is 59.4 Å². The Balaban J connectivity index is 0.00000162. The average Bonchev–Trinajstić information content (AvgIpc) is 2.66. The molecule has 3 nitrogen and oxygen atoms in total. The van der Waals surface area contributed by atoms with E-state index in [9.17, 15) is 0 Å². The molecule has 0 aromatic carbocycles. The zero-order chi connectivity index (χ0) is 13.0. The van der Waals surface area contributed by atoms with Crippen molar-refractivity contribution in [1.29, 1.82) is 0 Å². The lowest BCUT2D eigenvalue weighted by atomic mass is 9.72. The molecule has 0 saturated carbocycles. The third-order valence-corrected chi connectivity index (χ3v) is 4.70. The fraction of sp³-hybridized carbons (Fsp3) is 0.714. The summed E-state index contributed by atoms with van der Waals surface area (Å²) in [6, 6.07) is 0. The zero-order valence-electron chi connectivity index (χ0n) is 12.2. The first-order valence-electron chi connectivity index (χ1n) is 6.32. The van der Waals surface area contributed by atoms with E-state index in [-0.39, 0.29) is 17.9 Å². The number of rotatable bonds is 1. The number of nitrogens with two attached hydrogens (primary N) is 1. The van der Waals surface area contributed by atoms with Crippen LogP contribution in [0.2, 0.25) is 0 Å². The molecule has 3 atom stereocenters. The van der Waals surface area contributed by atoms with Crippen molar-refractivity contribution in [3.05, 3.63) is 22.6 Å². The van der Waals surface area contributed by atoms with Crippen LogP contribution in [0.3, 0.4) is 0 Å². The highest BCUT2D eigenvalue weighted by Crippen LogP contribution is 2.48. The van der Waals surface area contributed by atoms with Crippen LogP contribution >= 0.6 is 12.4 Å². The molecule has 3 unspecified atom stereocenters. The van der Waals surface area contributed by atoms with Gasteiger partial charge in [0, 0.05) is 11.6 Å². The van der Waals surface area contributed by atoms with Crippen LogP contribution in [0.5, 0.6) is 0 Å². The van der Waals surface area contributed by atoms with E-state index < -0.39 is 0 Å². The smallest absolute Gasteiger partial charge is 0.105 e. The summed E-state index contributed by atoms with van der Waals surface area (Å²) in [5, 5.41) is 0. The lowest BCUT2D eigenvalue weighted by Crippen LogP contribution is -2.53. The largest absolute Gasteiger partial charge is 0.494 e. The third-order valence-electron chi connectivity index (χ3n) is 4.70. The van der Waals surface area contributed by atoms with Crippen molar-refractivity contribution in [2.24, 2.45) is 11.7 Å². The number of likely N-dealkylation sites (N-methyl/N-ethyl adjacent to an activating group) is 1. The average molecular weight is 273 g/mol. The van der Waals surface area contributed by atoms with E-state index in [2.05, 4.69) is 46.7 Å². The van der Waals surface area contributed by atoms with Crippen molar-refractivity contribution in [3.63, 3.8) is 0 Å². The number of halogens is 1. The van der Waals surface area contributed by atoms with Gasteiger partial charge in [0.1, 0.15) is 5.76 Å². The first-order chi connectivity index (χ1) is 7.80. The highest BCUT2D eigenvalue weighted by Gasteiger charge is 2.49. The van der Waals surface area contributed by atoms with Crippen LogP contribution in [0.4, 0.5) is 0 Å². The first-order valence-corrected chi connectivity index (χ1v) is 6.32. The molecule has 0 aromatic heterocycles. The molecule has 0 bridgehead atoms. The molecule has 0 amide bonds. The molecule has 2 rings (SSSR count). The summed E-state index contributed by atoms with van der Waals surface area (Å²) < 4.78 is 6.01. The molecule has 2 aliphatic rings. The van der Waals surface area contributed by atoms with Gasteiger partial charge in [-0.15, -0.1) is 12.4 Å². The topological polar surface area (TPSA) is 38.5 Å². The second kappa shape index (κ2) is 4.78. The summed E-state index contributed by atoms with van der Waals surface area (Å²) in [4.78, 5) is 2.23. The molecule has 18 heavy (non-hydrogen) atoms. The lowest BCUT2D eigenvalue weighted by Gasteiger charge is -2.45. The van der Waals surface area contributed by atoms with Crippen LogP contribution in [0.15, 0.2) is 22.6 Å². The molecule has 0 spiro atoms. The van der Waals surface area contributed by atoms with Crippen LogP contribution in [-0.4, -0.2) is 30.6 Å². The van der Waals surface area contributed by atoms with Gasteiger partial charge in [0.25, 0.3) is 0 Å². The SMILES string of the molecule is CC1=C2OC(C)CC2C(C)(N(C)C)C(N)=C1C.Cl. The Kier molecular flexibility index (Phi) is 4.09. The molecule has 4 heteroatoms. The second-order valence-corrected chi connectivity index (χ2v) is 5.79. The summed E-state index contributed by atoms with van der Waals surface area (Å²) >= 11 is 0. The molecular formula is C14H25ClN2O. The van der Waals surface area contributed by atoms with Gasteiger partial charge in [0.15, 0.2) is 0 Å². The number of hydrogen-bond donors (Lipinski definition) is 1. The van der Waals surface area contributed by atoms with E-state index in [0.717, 1.165) is 17.9 Å². The zero-order valence-corrected chi connectivity index (χ0v) is 13.0. The Morgan fingerprint density at radius 3 is 2.33 bits per heavy atom. The van der Waals surface area contributed by atoms with E-state index in [0.29, 0.717) is 12.0 Å². The number of hydrogen-bond acceptors (Lipinski definition) is 3. The van der Waals surface area contributed by atoms with Crippen molar-refractivity contribution in [3.8, 4) is 0 Å². The van der Waals surface area contributed by atoms with E-state index in [4.69, 9.17) is 10.5 Å². The fourth-order valence-electron chi connectivity index (χ4n) is 3.13. The first kappa shape index (κ1) is 15.4. The van der Waals surface area contributed by atoms with Crippen LogP contribution in [-0.2, 0) is 4.74 Å². The molecule has 1 aliphatic carbocycles. The summed E-state index contributed by atoms with van der Waals surface area (Å²) in [6.45, 7) is 8.59. The molecule has 1 fully saturated rings. The van der Waals surface area contributed by atoms with Gasteiger partial charge < -0.3 is 10.5 Å². The molecule has 104 valence electrons. The second-order valence-electron chi connectivity index (χ2n) is 5.79. The van der Waals surface area contributed by atoms with Crippen LogP contribution < -0.4 is 5.73 Å². The van der Waals surface area contributed by atoms with E-state index in [1.165, 1.54) is 11.1 Å². The summed E-state index contributed by atoms with van der Waals surface area (Å²) in [7, 11) is 4.20. The van der Waals surface area contributed by atoms with Crippen molar-refractivity contribution in [2.45, 2.75) is 45.8 Å². The monoisotopic (exact) mass is 272 g/mol. The van der Waals surface area contributed by atoms with Gasteiger partial charge in [-0.2, -0.15) is 0 Å². The Morgan fingerprint density at radius 1 is 1.28 bits per heavy atom. The Hall–Kier alpha value is -0.670. The minimum Gasteiger partial charge on any atom is -0.494 e. The predicted molar refractivity (Wildman–Crippen MR) is 77.6 cm³/mol. The number of fused-ring (bicyclic) bond motifs is 1. The highest BCUT2D eigenvalue weighted by atomic mass is 35.5. The molecule has 2 N–H and O–H groups in total. The van der Waals surface area contributed by atoms with Crippen molar-refractivity contribution >= 4 is 12.4 Å². The maximum Gasteiger partial charge on any atom is 0.105 e. The molecule has 0 radical (unpaired) electrons. The standard InChI is InChI=1S/C14H24N2O.ClH/c1-8-7-11-12(17-8)9(2)10(3)13(15)14(11,4)16(5)6;/h8,11H,7,15H2,1-6H3;1H. The van der Waals surface area contributed by atoms with Gasteiger partial charge in [-0.1, -0.05) is 0 Å². The highest BCUT2D eigenvalue weighted by molar-refractivity contribution is 5.85. The van der Waals surface area contributed by atoms with E-state index in [1.54, 1.807) is 0 Å². The van der Waals surface area contributed by atoms with Crippen molar-refractivity contribution in [1.82, 2.24) is 4.90 Å². The molecule has 1 saturated heterocycles. The third kappa shape index (κ3) is 1.84. The molecule has 1 aliphatic heterocycles. The van der Waals surface area contributed by atoms with Gasteiger partial charge in [-0.25, -0.2) is 0 Å². The molecular weight excluding hydrogens is 248 g/mol. The van der Waals surface area contributed by atoms with Gasteiger partial charge in [-0.3, -0.25) is 4.90 Å². The van der Waals surface area contributed by atoms with Gasteiger partial charge in [0.2, 0.25) is 0 Å². The molecule has 1 heterocycles. The maximum atomic E-state index is 6.40. The Labute approximate surface area is 116 Å². The Morgan fingerprint density at radius 2 is 1.83 bits per heavy atom. The van der Waals surface area contributed by atoms with Gasteiger partial charge >= 0.3 is 0 Å². The molecule has 0 aromatic rings. The quantitative estimate of drug-likeness (QED) is 0.798. The number of ether oxygens (including phenoxy) is 1. The maximum absolute atomic E-state index is 6.40. The van der Waals surface area contributed by atoms with Crippen molar-refractivity contribution in [2.75, 3.05) is 14.1 Å². The Bertz CT molecular complexity index is 414. The van der Waals surface area contributed by atoms with Crippen LogP contribution in [0.1, 0.15) is 34.1 Å². The fourth-order valence-corrected chi connectivity index (χ4v) is 3.13. The van der Waals surface area contributed by atoms with Crippen LogP contribution in [0.25, 0.3) is 0 Å². The number of allylic oxidation sites excluding steroid dienone is 2. The van der Waals surface area contributed by atoms with E-state index >= 15 is 0 Å². The minimum atomic E-state index is -0.121. The van der Waals surface area contributed by atoms with Crippen LogP contribution in [0, 0.1) is 5.92 Å².